The zero-order valence-electron chi connectivity index (χ0n) is 16.4. The Hall–Kier alpha value is -2.57. The maximum Gasteiger partial charge on any atom is 0.251 e. The molecule has 7 heteroatoms. The Morgan fingerprint density at radius 3 is 2.50 bits per heavy atom. The summed E-state index contributed by atoms with van der Waals surface area (Å²) in [5.74, 6) is 0.559. The van der Waals surface area contributed by atoms with E-state index < -0.39 is 5.41 Å². The summed E-state index contributed by atoms with van der Waals surface area (Å²) >= 11 is 0. The number of amides is 2. The third-order valence-electron chi connectivity index (χ3n) is 4.00. The van der Waals surface area contributed by atoms with E-state index in [9.17, 15) is 9.59 Å². The molecule has 144 valence electrons. The van der Waals surface area contributed by atoms with Crippen LogP contribution in [0, 0.1) is 5.41 Å². The zero-order valence-corrected chi connectivity index (χ0v) is 16.4. The van der Waals surface area contributed by atoms with Gasteiger partial charge in [-0.2, -0.15) is 0 Å². The number of nitrogens with zero attached hydrogens (tertiary/aromatic N) is 1. The molecule has 0 saturated heterocycles. The highest BCUT2D eigenvalue weighted by Gasteiger charge is 2.27. The lowest BCUT2D eigenvalue weighted by Gasteiger charge is -2.24. The van der Waals surface area contributed by atoms with Crippen LogP contribution in [0.5, 0.6) is 0 Å². The third-order valence-corrected chi connectivity index (χ3v) is 4.00. The van der Waals surface area contributed by atoms with E-state index in [1.165, 1.54) is 0 Å². The van der Waals surface area contributed by atoms with Crippen molar-refractivity contribution in [1.29, 1.82) is 0 Å². The van der Waals surface area contributed by atoms with Crippen LogP contribution in [0.15, 0.2) is 29.3 Å². The predicted octanol–water partition coefficient (Wildman–Crippen LogP) is 0.916. The van der Waals surface area contributed by atoms with Crippen molar-refractivity contribution in [3.63, 3.8) is 0 Å². The fourth-order valence-corrected chi connectivity index (χ4v) is 2.34. The summed E-state index contributed by atoms with van der Waals surface area (Å²) in [6.45, 7) is 7.44. The molecule has 0 heterocycles. The van der Waals surface area contributed by atoms with Gasteiger partial charge in [0, 0.05) is 39.3 Å². The number of nitrogens with one attached hydrogen (secondary N) is 4. The molecule has 7 nitrogen and oxygen atoms in total. The van der Waals surface area contributed by atoms with Crippen LogP contribution in [-0.2, 0) is 11.2 Å². The average molecular weight is 361 g/mol. The van der Waals surface area contributed by atoms with Gasteiger partial charge in [0.1, 0.15) is 0 Å². The van der Waals surface area contributed by atoms with Crippen molar-refractivity contribution in [2.45, 2.75) is 27.2 Å². The molecular formula is C19H31N5O2. The summed E-state index contributed by atoms with van der Waals surface area (Å²) in [4.78, 5) is 27.9. The van der Waals surface area contributed by atoms with E-state index in [0.29, 0.717) is 31.2 Å². The monoisotopic (exact) mass is 361 g/mol. The molecule has 1 rings (SSSR count). The normalized spacial score (nSPS) is 11.7. The molecule has 0 fully saturated rings. The largest absolute Gasteiger partial charge is 0.356 e. The molecule has 0 spiro atoms. The molecular weight excluding hydrogens is 330 g/mol. The second-order valence-electron chi connectivity index (χ2n) is 6.63. The maximum atomic E-state index is 12.0. The van der Waals surface area contributed by atoms with Crippen LogP contribution in [-0.4, -0.2) is 51.5 Å². The molecule has 1 aromatic rings. The van der Waals surface area contributed by atoms with Crippen LogP contribution in [0.3, 0.4) is 0 Å². The van der Waals surface area contributed by atoms with Crippen LogP contribution >= 0.6 is 0 Å². The number of guanidine groups is 1. The van der Waals surface area contributed by atoms with Gasteiger partial charge in [0.05, 0.1) is 5.41 Å². The van der Waals surface area contributed by atoms with Gasteiger partial charge in [-0.25, -0.2) is 0 Å². The van der Waals surface area contributed by atoms with Crippen molar-refractivity contribution in [2.75, 3.05) is 33.7 Å². The fraction of sp³-hybridized carbons (Fsp3) is 0.526. The minimum atomic E-state index is -0.532. The van der Waals surface area contributed by atoms with Gasteiger partial charge in [0.25, 0.3) is 5.91 Å². The topological polar surface area (TPSA) is 94.6 Å². The Kier molecular flexibility index (Phi) is 8.61. The fourth-order valence-electron chi connectivity index (χ4n) is 2.34. The molecule has 0 aromatic heterocycles. The van der Waals surface area contributed by atoms with Crippen molar-refractivity contribution in [3.8, 4) is 0 Å². The first-order valence-electron chi connectivity index (χ1n) is 8.88. The first-order valence-corrected chi connectivity index (χ1v) is 8.88. The highest BCUT2D eigenvalue weighted by molar-refractivity contribution is 5.94. The molecule has 0 aliphatic carbocycles. The number of hydrogen-bond donors (Lipinski definition) is 4. The van der Waals surface area contributed by atoms with Crippen molar-refractivity contribution >= 4 is 17.8 Å². The van der Waals surface area contributed by atoms with Gasteiger partial charge in [-0.3, -0.25) is 14.6 Å². The Morgan fingerprint density at radius 2 is 1.88 bits per heavy atom. The van der Waals surface area contributed by atoms with E-state index in [1.54, 1.807) is 20.2 Å². The van der Waals surface area contributed by atoms with Crippen molar-refractivity contribution in [2.24, 2.45) is 10.4 Å². The number of carbonyl (C=O) groups is 2. The summed E-state index contributed by atoms with van der Waals surface area (Å²) < 4.78 is 0. The smallest absolute Gasteiger partial charge is 0.251 e. The van der Waals surface area contributed by atoms with E-state index in [0.717, 1.165) is 12.0 Å². The summed E-state index contributed by atoms with van der Waals surface area (Å²) in [6.07, 6.45) is 0.755. The van der Waals surface area contributed by atoms with Crippen molar-refractivity contribution < 1.29 is 9.59 Å². The minimum absolute atomic E-state index is 0.00830. The molecule has 2 amide bonds. The molecule has 1 aromatic carbocycles. The minimum Gasteiger partial charge on any atom is -0.356 e. The SMILES string of the molecule is CCNC(=O)C(C)(C)CNC(=NC)NCCc1cccc(C(=O)NC)c1. The van der Waals surface area contributed by atoms with Crippen LogP contribution < -0.4 is 21.3 Å². The van der Waals surface area contributed by atoms with E-state index in [1.807, 2.05) is 39.0 Å². The van der Waals surface area contributed by atoms with E-state index >= 15 is 0 Å². The van der Waals surface area contributed by atoms with Gasteiger partial charge in [0.2, 0.25) is 5.91 Å². The molecule has 0 aliphatic heterocycles. The Balaban J connectivity index is 2.50. The van der Waals surface area contributed by atoms with Crippen molar-refractivity contribution in [1.82, 2.24) is 21.3 Å². The van der Waals surface area contributed by atoms with Crippen LogP contribution in [0.1, 0.15) is 36.7 Å². The first kappa shape index (κ1) is 21.5. The van der Waals surface area contributed by atoms with E-state index in [2.05, 4.69) is 26.3 Å². The summed E-state index contributed by atoms with van der Waals surface area (Å²) in [7, 11) is 3.31. The lowest BCUT2D eigenvalue weighted by Crippen LogP contribution is -2.48. The number of hydrogen-bond acceptors (Lipinski definition) is 3. The standard InChI is InChI=1S/C19H31N5O2/c1-6-22-17(26)19(2,3)13-24-18(21-5)23-11-10-14-8-7-9-15(12-14)16(25)20-4/h7-9,12H,6,10-11,13H2,1-5H3,(H,20,25)(H,22,26)(H2,21,23,24). The van der Waals surface area contributed by atoms with Gasteiger partial charge in [-0.15, -0.1) is 0 Å². The second kappa shape index (κ2) is 10.4. The van der Waals surface area contributed by atoms with Gasteiger partial charge in [0.15, 0.2) is 5.96 Å². The van der Waals surface area contributed by atoms with Gasteiger partial charge >= 0.3 is 0 Å². The molecule has 0 unspecified atom stereocenters. The first-order chi connectivity index (χ1) is 12.3. The zero-order chi connectivity index (χ0) is 19.6. The maximum absolute atomic E-state index is 12.0. The lowest BCUT2D eigenvalue weighted by atomic mass is 9.92. The summed E-state index contributed by atoms with van der Waals surface area (Å²) in [5, 5.41) is 11.9. The molecule has 0 aliphatic rings. The Morgan fingerprint density at radius 1 is 1.15 bits per heavy atom. The number of carbonyl (C=O) groups excluding carboxylic acids is 2. The van der Waals surface area contributed by atoms with Crippen molar-refractivity contribution in [3.05, 3.63) is 35.4 Å². The molecule has 26 heavy (non-hydrogen) atoms. The summed E-state index contributed by atoms with van der Waals surface area (Å²) in [6, 6.07) is 7.54. The Bertz CT molecular complexity index is 641. The van der Waals surface area contributed by atoms with E-state index in [4.69, 9.17) is 0 Å². The quantitative estimate of drug-likeness (QED) is 0.409. The number of aliphatic imine (C=N–C) groups is 1. The van der Waals surface area contributed by atoms with Gasteiger partial charge in [-0.1, -0.05) is 12.1 Å². The molecule has 0 bridgehead atoms. The van der Waals surface area contributed by atoms with Crippen LogP contribution in [0.25, 0.3) is 0 Å². The molecule has 0 atom stereocenters. The highest BCUT2D eigenvalue weighted by atomic mass is 16.2. The number of benzene rings is 1. The summed E-state index contributed by atoms with van der Waals surface area (Å²) in [5.41, 5.74) is 1.18. The molecule has 4 N–H and O–H groups in total. The van der Waals surface area contributed by atoms with Crippen LogP contribution in [0.4, 0.5) is 0 Å². The third kappa shape index (κ3) is 6.74. The average Bonchev–Trinajstić information content (AvgIpc) is 2.64. The lowest BCUT2D eigenvalue weighted by molar-refractivity contribution is -0.128. The highest BCUT2D eigenvalue weighted by Crippen LogP contribution is 2.13. The van der Waals surface area contributed by atoms with Gasteiger partial charge in [-0.05, 0) is 44.9 Å². The predicted molar refractivity (Wildman–Crippen MR) is 105 cm³/mol. The van der Waals surface area contributed by atoms with Crippen LogP contribution in [0.2, 0.25) is 0 Å². The Labute approximate surface area is 156 Å². The molecule has 0 saturated carbocycles. The second-order valence-corrected chi connectivity index (χ2v) is 6.63. The van der Waals surface area contributed by atoms with Gasteiger partial charge < -0.3 is 21.3 Å². The number of rotatable bonds is 8. The molecule has 0 radical (unpaired) electrons. The van der Waals surface area contributed by atoms with E-state index in [-0.39, 0.29) is 11.8 Å².